The normalized spacial score (nSPS) is 18.2. The molecule has 1 spiro atoms. The van der Waals surface area contributed by atoms with Gasteiger partial charge in [0.1, 0.15) is 5.75 Å². The zero-order valence-corrected chi connectivity index (χ0v) is 16.1. The molecule has 0 atom stereocenters. The van der Waals surface area contributed by atoms with Gasteiger partial charge in [0.2, 0.25) is 0 Å². The number of piperidine rings is 1. The molecule has 28 heavy (non-hydrogen) atoms. The molecule has 5 heteroatoms. The van der Waals surface area contributed by atoms with Crippen LogP contribution in [0.2, 0.25) is 0 Å². The Balaban J connectivity index is 1.38. The number of methoxy groups -OCH3 is 1. The number of aromatic nitrogens is 1. The molecule has 1 amide bonds. The van der Waals surface area contributed by atoms with Gasteiger partial charge in [0, 0.05) is 41.8 Å². The van der Waals surface area contributed by atoms with E-state index in [-0.39, 0.29) is 11.4 Å². The van der Waals surface area contributed by atoms with E-state index in [0.29, 0.717) is 0 Å². The molecule has 144 valence electrons. The quantitative estimate of drug-likeness (QED) is 0.721. The average molecular weight is 375 g/mol. The molecule has 5 rings (SSSR count). The smallest absolute Gasteiger partial charge is 0.253 e. The van der Waals surface area contributed by atoms with Crippen LogP contribution < -0.4 is 10.1 Å². The lowest BCUT2D eigenvalue weighted by molar-refractivity contribution is 0.0627. The maximum Gasteiger partial charge on any atom is 0.253 e. The van der Waals surface area contributed by atoms with Gasteiger partial charge in [-0.1, -0.05) is 18.2 Å². The SMILES string of the molecule is COc1ccc(C(=O)N2CCC3(CC2)NCCc2c3[nH]c3ccccc23)cc1. The number of ether oxygens (including phenoxy) is 1. The van der Waals surface area contributed by atoms with Crippen LogP contribution in [0.5, 0.6) is 5.75 Å². The first-order valence-corrected chi connectivity index (χ1v) is 9.99. The Morgan fingerprint density at radius 3 is 2.57 bits per heavy atom. The number of aromatic amines is 1. The molecule has 2 aliphatic heterocycles. The summed E-state index contributed by atoms with van der Waals surface area (Å²) in [5.41, 5.74) is 4.66. The van der Waals surface area contributed by atoms with Crippen molar-refractivity contribution in [3.8, 4) is 5.75 Å². The molecule has 0 unspecified atom stereocenters. The summed E-state index contributed by atoms with van der Waals surface area (Å²) in [6.07, 6.45) is 2.90. The second kappa shape index (κ2) is 6.67. The first-order chi connectivity index (χ1) is 13.7. The van der Waals surface area contributed by atoms with E-state index in [2.05, 4.69) is 34.6 Å². The highest BCUT2D eigenvalue weighted by Gasteiger charge is 2.42. The Morgan fingerprint density at radius 1 is 1.07 bits per heavy atom. The van der Waals surface area contributed by atoms with Crippen molar-refractivity contribution < 1.29 is 9.53 Å². The number of nitrogens with zero attached hydrogens (tertiary/aromatic N) is 1. The molecule has 0 bridgehead atoms. The molecule has 2 aromatic carbocycles. The van der Waals surface area contributed by atoms with Crippen molar-refractivity contribution in [3.05, 3.63) is 65.4 Å². The minimum atomic E-state index is -0.0523. The highest BCUT2D eigenvalue weighted by molar-refractivity contribution is 5.94. The number of likely N-dealkylation sites (tertiary alicyclic amines) is 1. The van der Waals surface area contributed by atoms with Crippen LogP contribution in [0.15, 0.2) is 48.5 Å². The standard InChI is InChI=1S/C23H25N3O2/c1-28-17-8-6-16(7-9-17)22(27)26-14-11-23(12-15-26)21-19(10-13-24-23)18-4-2-3-5-20(18)25-21/h2-9,24-25H,10-15H2,1H3. The maximum absolute atomic E-state index is 12.9. The van der Waals surface area contributed by atoms with Gasteiger partial charge < -0.3 is 19.9 Å². The average Bonchev–Trinajstić information content (AvgIpc) is 3.14. The maximum atomic E-state index is 12.9. The number of benzene rings is 2. The fraction of sp³-hybridized carbons (Fsp3) is 0.348. The molecule has 0 saturated carbocycles. The highest BCUT2D eigenvalue weighted by atomic mass is 16.5. The van der Waals surface area contributed by atoms with Gasteiger partial charge in [-0.2, -0.15) is 0 Å². The fourth-order valence-electron chi connectivity index (χ4n) is 4.82. The van der Waals surface area contributed by atoms with Gasteiger partial charge in [-0.25, -0.2) is 0 Å². The molecule has 1 fully saturated rings. The number of hydrogen-bond acceptors (Lipinski definition) is 3. The Kier molecular flexibility index (Phi) is 4.13. The van der Waals surface area contributed by atoms with E-state index >= 15 is 0 Å². The molecule has 0 radical (unpaired) electrons. The summed E-state index contributed by atoms with van der Waals surface area (Å²) in [6.45, 7) is 2.50. The topological polar surface area (TPSA) is 57.4 Å². The van der Waals surface area contributed by atoms with Crippen LogP contribution in [0.4, 0.5) is 0 Å². The number of H-pyrrole nitrogens is 1. The van der Waals surface area contributed by atoms with Crippen molar-refractivity contribution >= 4 is 16.8 Å². The van der Waals surface area contributed by atoms with Crippen molar-refractivity contribution in [3.63, 3.8) is 0 Å². The summed E-state index contributed by atoms with van der Waals surface area (Å²) in [4.78, 5) is 18.6. The Hall–Kier alpha value is -2.79. The molecule has 0 aliphatic carbocycles. The summed E-state index contributed by atoms with van der Waals surface area (Å²) in [6, 6.07) is 16.0. The number of rotatable bonds is 2. The van der Waals surface area contributed by atoms with E-state index in [9.17, 15) is 4.79 Å². The van der Waals surface area contributed by atoms with Gasteiger partial charge >= 0.3 is 0 Å². The summed E-state index contributed by atoms with van der Waals surface area (Å²) < 4.78 is 5.19. The number of hydrogen-bond donors (Lipinski definition) is 2. The number of carbonyl (C=O) groups is 1. The third-order valence-corrected chi connectivity index (χ3v) is 6.37. The molecule has 2 N–H and O–H groups in total. The van der Waals surface area contributed by atoms with Crippen molar-refractivity contribution in [2.45, 2.75) is 24.8 Å². The largest absolute Gasteiger partial charge is 0.497 e. The fourth-order valence-corrected chi connectivity index (χ4v) is 4.82. The van der Waals surface area contributed by atoms with Crippen LogP contribution in [0, 0.1) is 0 Å². The van der Waals surface area contributed by atoms with Crippen LogP contribution in [0.1, 0.15) is 34.5 Å². The lowest BCUT2D eigenvalue weighted by atomic mass is 9.79. The van der Waals surface area contributed by atoms with Crippen LogP contribution in [-0.4, -0.2) is 42.5 Å². The summed E-state index contributed by atoms with van der Waals surface area (Å²) in [5.74, 6) is 0.872. The summed E-state index contributed by atoms with van der Waals surface area (Å²) >= 11 is 0. The lowest BCUT2D eigenvalue weighted by Gasteiger charge is -2.44. The molecule has 3 heterocycles. The van der Waals surface area contributed by atoms with E-state index in [4.69, 9.17) is 4.74 Å². The van der Waals surface area contributed by atoms with E-state index in [0.717, 1.165) is 50.2 Å². The molecular weight excluding hydrogens is 350 g/mol. The van der Waals surface area contributed by atoms with Crippen LogP contribution in [-0.2, 0) is 12.0 Å². The van der Waals surface area contributed by atoms with E-state index in [1.165, 1.54) is 22.2 Å². The lowest BCUT2D eigenvalue weighted by Crippen LogP contribution is -2.55. The van der Waals surface area contributed by atoms with Crippen molar-refractivity contribution in [2.24, 2.45) is 0 Å². The Labute approximate surface area is 164 Å². The van der Waals surface area contributed by atoms with E-state index in [1.54, 1.807) is 7.11 Å². The zero-order valence-electron chi connectivity index (χ0n) is 16.1. The molecule has 1 saturated heterocycles. The zero-order chi connectivity index (χ0) is 19.1. The van der Waals surface area contributed by atoms with Gasteiger partial charge in [-0.3, -0.25) is 4.79 Å². The summed E-state index contributed by atoms with van der Waals surface area (Å²) in [5, 5.41) is 5.12. The number of amides is 1. The number of nitrogens with one attached hydrogen (secondary N) is 2. The van der Waals surface area contributed by atoms with Crippen molar-refractivity contribution in [2.75, 3.05) is 26.7 Å². The second-order valence-electron chi connectivity index (χ2n) is 7.80. The molecule has 1 aromatic heterocycles. The van der Waals surface area contributed by atoms with Gasteiger partial charge in [-0.05, 0) is 55.2 Å². The summed E-state index contributed by atoms with van der Waals surface area (Å²) in [7, 11) is 1.64. The Morgan fingerprint density at radius 2 is 1.82 bits per heavy atom. The third-order valence-electron chi connectivity index (χ3n) is 6.37. The van der Waals surface area contributed by atoms with Crippen molar-refractivity contribution in [1.29, 1.82) is 0 Å². The minimum Gasteiger partial charge on any atom is -0.497 e. The molecule has 3 aromatic rings. The first kappa shape index (κ1) is 17.3. The highest BCUT2D eigenvalue weighted by Crippen LogP contribution is 2.40. The van der Waals surface area contributed by atoms with Gasteiger partial charge in [0.05, 0.1) is 12.6 Å². The predicted molar refractivity (Wildman–Crippen MR) is 110 cm³/mol. The minimum absolute atomic E-state index is 0.0523. The third kappa shape index (κ3) is 2.69. The Bertz CT molecular complexity index is 1010. The van der Waals surface area contributed by atoms with Crippen LogP contribution >= 0.6 is 0 Å². The monoisotopic (exact) mass is 375 g/mol. The molecule has 5 nitrogen and oxygen atoms in total. The van der Waals surface area contributed by atoms with Gasteiger partial charge in [0.15, 0.2) is 0 Å². The van der Waals surface area contributed by atoms with Crippen LogP contribution in [0.3, 0.4) is 0 Å². The first-order valence-electron chi connectivity index (χ1n) is 9.99. The molecule has 2 aliphatic rings. The van der Waals surface area contributed by atoms with Gasteiger partial charge in [-0.15, -0.1) is 0 Å². The van der Waals surface area contributed by atoms with Crippen LogP contribution in [0.25, 0.3) is 10.9 Å². The number of fused-ring (bicyclic) bond motifs is 4. The molecular formula is C23H25N3O2. The number of carbonyl (C=O) groups excluding carboxylic acids is 1. The number of para-hydroxylation sites is 1. The van der Waals surface area contributed by atoms with Crippen molar-refractivity contribution in [1.82, 2.24) is 15.2 Å². The predicted octanol–water partition coefficient (Wildman–Crippen LogP) is 3.45. The second-order valence-corrected chi connectivity index (χ2v) is 7.80. The van der Waals surface area contributed by atoms with E-state index < -0.39 is 0 Å². The van der Waals surface area contributed by atoms with Gasteiger partial charge in [0.25, 0.3) is 5.91 Å². The van der Waals surface area contributed by atoms with E-state index in [1.807, 2.05) is 29.2 Å².